The zero-order valence-corrected chi connectivity index (χ0v) is 18.5. The average Bonchev–Trinajstić information content (AvgIpc) is 3.30. The minimum atomic E-state index is -0.769. The van der Waals surface area contributed by atoms with Crippen LogP contribution in [-0.2, 0) is 11.4 Å². The van der Waals surface area contributed by atoms with E-state index in [0.29, 0.717) is 24.5 Å². The first-order valence-electron chi connectivity index (χ1n) is 11.0. The van der Waals surface area contributed by atoms with Gasteiger partial charge >= 0.3 is 5.97 Å². The number of carboxylic acids is 1. The molecule has 1 aliphatic rings. The van der Waals surface area contributed by atoms with E-state index < -0.39 is 12.0 Å². The van der Waals surface area contributed by atoms with E-state index in [-0.39, 0.29) is 6.04 Å². The first-order valence-corrected chi connectivity index (χ1v) is 11.0. The fraction of sp³-hybridized carbons (Fsp3) is 0.296. The summed E-state index contributed by atoms with van der Waals surface area (Å²) in [5.41, 5.74) is 4.32. The summed E-state index contributed by atoms with van der Waals surface area (Å²) >= 11 is 0. The third kappa shape index (κ3) is 4.78. The lowest BCUT2D eigenvalue weighted by Gasteiger charge is -2.32. The van der Waals surface area contributed by atoms with E-state index in [4.69, 9.17) is 9.47 Å². The van der Waals surface area contributed by atoms with Gasteiger partial charge in [0, 0.05) is 6.54 Å². The van der Waals surface area contributed by atoms with Crippen LogP contribution in [0.25, 0.3) is 0 Å². The summed E-state index contributed by atoms with van der Waals surface area (Å²) < 4.78 is 11.7. The van der Waals surface area contributed by atoms with Gasteiger partial charge < -0.3 is 14.6 Å². The fourth-order valence-corrected chi connectivity index (χ4v) is 4.40. The molecule has 5 heteroatoms. The van der Waals surface area contributed by atoms with Crippen LogP contribution in [0.15, 0.2) is 72.8 Å². The van der Waals surface area contributed by atoms with E-state index in [1.807, 2.05) is 48.5 Å². The molecule has 5 nitrogen and oxygen atoms in total. The number of carboxylic acid groups (broad SMARTS) is 1. The van der Waals surface area contributed by atoms with Crippen molar-refractivity contribution in [3.05, 3.63) is 95.1 Å². The van der Waals surface area contributed by atoms with Gasteiger partial charge in [-0.1, -0.05) is 66.2 Å². The second kappa shape index (κ2) is 9.88. The van der Waals surface area contributed by atoms with Crippen molar-refractivity contribution in [1.29, 1.82) is 0 Å². The van der Waals surface area contributed by atoms with Gasteiger partial charge in [-0.25, -0.2) is 0 Å². The zero-order chi connectivity index (χ0) is 22.5. The molecule has 2 atom stereocenters. The maximum atomic E-state index is 11.9. The molecule has 3 aromatic rings. The Hall–Kier alpha value is -3.31. The Kier molecular flexibility index (Phi) is 6.76. The van der Waals surface area contributed by atoms with Crippen molar-refractivity contribution in [2.24, 2.45) is 0 Å². The Morgan fingerprint density at radius 1 is 1.03 bits per heavy atom. The number of benzene rings is 3. The Bertz CT molecular complexity index is 1050. The van der Waals surface area contributed by atoms with E-state index in [1.54, 1.807) is 7.11 Å². The molecule has 0 amide bonds. The van der Waals surface area contributed by atoms with Gasteiger partial charge in [-0.15, -0.1) is 0 Å². The summed E-state index contributed by atoms with van der Waals surface area (Å²) in [5.74, 6) is 0.537. The van der Waals surface area contributed by atoms with Gasteiger partial charge in [0.2, 0.25) is 0 Å². The highest BCUT2D eigenvalue weighted by atomic mass is 16.5. The highest BCUT2D eigenvalue weighted by Crippen LogP contribution is 2.39. The largest absolute Gasteiger partial charge is 0.493 e. The third-order valence-corrected chi connectivity index (χ3v) is 6.04. The second-order valence-corrected chi connectivity index (χ2v) is 8.23. The summed E-state index contributed by atoms with van der Waals surface area (Å²) in [6.07, 6.45) is 1.53. The number of rotatable bonds is 8. The number of nitrogens with zero attached hydrogens (tertiary/aromatic N) is 1. The van der Waals surface area contributed by atoms with Crippen LogP contribution in [0.5, 0.6) is 11.5 Å². The van der Waals surface area contributed by atoms with Gasteiger partial charge in [-0.05, 0) is 48.6 Å². The number of ether oxygens (including phenoxy) is 2. The maximum absolute atomic E-state index is 11.9. The van der Waals surface area contributed by atoms with E-state index in [2.05, 4.69) is 36.1 Å². The molecule has 0 saturated carbocycles. The van der Waals surface area contributed by atoms with Gasteiger partial charge in [0.05, 0.1) is 13.2 Å². The number of carbonyl (C=O) groups is 1. The predicted octanol–water partition coefficient (Wildman–Crippen LogP) is 5.22. The molecule has 0 aromatic heterocycles. The Morgan fingerprint density at radius 2 is 1.75 bits per heavy atom. The van der Waals surface area contributed by atoms with Gasteiger partial charge in [0.15, 0.2) is 11.5 Å². The molecule has 1 aliphatic heterocycles. The molecule has 1 saturated heterocycles. The first kappa shape index (κ1) is 21.9. The van der Waals surface area contributed by atoms with Gasteiger partial charge in [0.25, 0.3) is 0 Å². The number of aliphatic carboxylic acids is 1. The second-order valence-electron chi connectivity index (χ2n) is 8.23. The molecule has 166 valence electrons. The Morgan fingerprint density at radius 3 is 2.44 bits per heavy atom. The average molecular weight is 432 g/mol. The number of hydrogen-bond acceptors (Lipinski definition) is 4. The minimum absolute atomic E-state index is 0.170. The molecule has 32 heavy (non-hydrogen) atoms. The van der Waals surface area contributed by atoms with Gasteiger partial charge in [-0.2, -0.15) is 0 Å². The van der Waals surface area contributed by atoms with Crippen molar-refractivity contribution in [1.82, 2.24) is 4.90 Å². The van der Waals surface area contributed by atoms with Crippen LogP contribution >= 0.6 is 0 Å². The number of aryl methyl sites for hydroxylation is 1. The Labute approximate surface area is 189 Å². The lowest BCUT2D eigenvalue weighted by molar-refractivity contribution is -0.142. The van der Waals surface area contributed by atoms with Gasteiger partial charge in [0.1, 0.15) is 12.6 Å². The SMILES string of the molecule is COc1cc(C(c2ccc(C)cc2)N2CCCC2C(=O)O)ccc1OCc1ccccc1. The third-order valence-electron chi connectivity index (χ3n) is 6.04. The number of hydrogen-bond donors (Lipinski definition) is 1. The zero-order valence-electron chi connectivity index (χ0n) is 18.5. The van der Waals surface area contributed by atoms with E-state index >= 15 is 0 Å². The fourth-order valence-electron chi connectivity index (χ4n) is 4.40. The molecule has 0 bridgehead atoms. The monoisotopic (exact) mass is 431 g/mol. The van der Waals surface area contributed by atoms with Crippen LogP contribution in [0.2, 0.25) is 0 Å². The van der Waals surface area contributed by atoms with Crippen molar-refractivity contribution in [3.8, 4) is 11.5 Å². The molecule has 1 fully saturated rings. The molecule has 2 unspecified atom stereocenters. The van der Waals surface area contributed by atoms with E-state index in [1.165, 1.54) is 5.56 Å². The summed E-state index contributed by atoms with van der Waals surface area (Å²) in [6, 6.07) is 23.6. The quantitative estimate of drug-likeness (QED) is 0.530. The van der Waals surface area contributed by atoms with E-state index in [9.17, 15) is 9.90 Å². The highest BCUT2D eigenvalue weighted by molar-refractivity contribution is 5.74. The van der Waals surface area contributed by atoms with Crippen molar-refractivity contribution in [2.45, 2.75) is 38.5 Å². The normalized spacial score (nSPS) is 17.1. The lowest BCUT2D eigenvalue weighted by Crippen LogP contribution is -2.39. The number of likely N-dealkylation sites (tertiary alicyclic amines) is 1. The predicted molar refractivity (Wildman–Crippen MR) is 124 cm³/mol. The van der Waals surface area contributed by atoms with Crippen molar-refractivity contribution in [3.63, 3.8) is 0 Å². The van der Waals surface area contributed by atoms with Crippen LogP contribution in [0.1, 0.15) is 41.1 Å². The molecule has 0 radical (unpaired) electrons. The van der Waals surface area contributed by atoms with Crippen molar-refractivity contribution >= 4 is 5.97 Å². The summed E-state index contributed by atoms with van der Waals surface area (Å²) in [7, 11) is 1.63. The van der Waals surface area contributed by atoms with Gasteiger partial charge in [-0.3, -0.25) is 9.69 Å². The standard InChI is InChI=1S/C27H29NO4/c1-19-10-12-21(13-11-19)26(28-16-6-9-23(28)27(29)30)22-14-15-24(25(17-22)31-2)32-18-20-7-4-3-5-8-20/h3-5,7-8,10-15,17,23,26H,6,9,16,18H2,1-2H3,(H,29,30). The van der Waals surface area contributed by atoms with Crippen molar-refractivity contribution in [2.75, 3.05) is 13.7 Å². The minimum Gasteiger partial charge on any atom is -0.493 e. The molecule has 0 spiro atoms. The molecule has 1 N–H and O–H groups in total. The summed E-state index contributed by atoms with van der Waals surface area (Å²) in [4.78, 5) is 14.0. The Balaban J connectivity index is 1.67. The summed E-state index contributed by atoms with van der Waals surface area (Å²) in [6.45, 7) is 3.24. The topological polar surface area (TPSA) is 59.0 Å². The van der Waals surface area contributed by atoms with Crippen LogP contribution in [0.3, 0.4) is 0 Å². The molecule has 1 heterocycles. The molecule has 0 aliphatic carbocycles. The van der Waals surface area contributed by atoms with E-state index in [0.717, 1.165) is 29.7 Å². The lowest BCUT2D eigenvalue weighted by atomic mass is 9.95. The van der Waals surface area contributed by atoms with Crippen molar-refractivity contribution < 1.29 is 19.4 Å². The van der Waals surface area contributed by atoms with Crippen LogP contribution < -0.4 is 9.47 Å². The molecule has 3 aromatic carbocycles. The van der Waals surface area contributed by atoms with Crippen LogP contribution in [0.4, 0.5) is 0 Å². The first-order chi connectivity index (χ1) is 15.6. The molecular formula is C27H29NO4. The summed E-state index contributed by atoms with van der Waals surface area (Å²) in [5, 5.41) is 9.81. The van der Waals surface area contributed by atoms with Crippen LogP contribution in [-0.4, -0.2) is 35.7 Å². The molecule has 4 rings (SSSR count). The molecular weight excluding hydrogens is 402 g/mol. The highest BCUT2D eigenvalue weighted by Gasteiger charge is 2.37. The maximum Gasteiger partial charge on any atom is 0.320 e. The number of methoxy groups -OCH3 is 1. The smallest absolute Gasteiger partial charge is 0.320 e. The van der Waals surface area contributed by atoms with Crippen LogP contribution in [0, 0.1) is 6.92 Å².